The van der Waals surface area contributed by atoms with E-state index in [9.17, 15) is 19.2 Å². The molecule has 8 aromatic rings. The van der Waals surface area contributed by atoms with Crippen LogP contribution in [0, 0.1) is 0 Å². The monoisotopic (exact) mass is 1260 g/mol. The summed E-state index contributed by atoms with van der Waals surface area (Å²) in [6.07, 6.45) is 0. The predicted molar refractivity (Wildman–Crippen MR) is 257 cm³/mol. The molecular formula is C48H44IN9O4Se4. The van der Waals surface area contributed by atoms with E-state index in [2.05, 4.69) is 19.8 Å². The SMILES string of the molecule is CC(=O)N(c1ccccc1)c1nc(C[N+](Cc2c[se]c(N(C(C)=O)c3ccccc3)n2)(Cc2c[se]c(N(C(C)=O)c3ccccc3)n2)Cc2c[se]c(N(C(C)=O)c3ccccc3)n2)c[se]1.[I-]. The predicted octanol–water partition coefficient (Wildman–Crippen LogP) is 4.15. The minimum atomic E-state index is -0.247. The van der Waals surface area contributed by atoms with E-state index < -0.39 is 0 Å². The van der Waals surface area contributed by atoms with Gasteiger partial charge in [-0.25, -0.2) is 0 Å². The summed E-state index contributed by atoms with van der Waals surface area (Å²) in [5, 5.41) is 0. The second-order valence-electron chi connectivity index (χ2n) is 15.2. The molecule has 13 nitrogen and oxygen atoms in total. The van der Waals surface area contributed by atoms with Gasteiger partial charge in [-0.05, 0) is 0 Å². The zero-order valence-electron chi connectivity index (χ0n) is 36.4. The maximum absolute atomic E-state index is 13.2. The molecule has 0 radical (unpaired) electrons. The molecule has 0 spiro atoms. The smallest absolute Gasteiger partial charge is 1.00 e. The standard InChI is InChI=1S/C48H44N9O4Se4.HI/c1-33(58)53(41-17-9-5-10-18-41)45-49-37(29-62-45)25-57(26-38-30-63-46(50-38)54(34(2)59)42-19-11-6-12-20-42,27-39-31-64-47(51-39)55(35(3)60)43-21-13-7-14-22-43)28-40-32-65-48(52-40)56(36(4)61)44-23-15-8-16-24-44;/h5-24,29-32H,25-28H2,1-4H3;1H/q+1;/p-1. The minimum Gasteiger partial charge on any atom is -1.00 e. The molecule has 0 atom stereocenters. The Labute approximate surface area is 424 Å². The Morgan fingerprint density at radius 3 is 0.758 bits per heavy atom. The first-order valence-corrected chi connectivity index (χ1v) is 27.9. The molecule has 0 aliphatic heterocycles. The molecule has 8 rings (SSSR count). The molecule has 66 heavy (non-hydrogen) atoms. The largest absolute Gasteiger partial charge is 1.00 e. The van der Waals surface area contributed by atoms with Crippen LogP contribution in [-0.4, -0.2) is 106 Å². The molecule has 0 fully saturated rings. The Hall–Kier alpha value is -4.83. The van der Waals surface area contributed by atoms with Gasteiger partial charge in [0.1, 0.15) is 0 Å². The van der Waals surface area contributed by atoms with E-state index in [1.54, 1.807) is 47.3 Å². The average molecular weight is 1250 g/mol. The van der Waals surface area contributed by atoms with Crippen molar-refractivity contribution in [3.8, 4) is 0 Å². The topological polar surface area (TPSA) is 133 Å². The zero-order valence-corrected chi connectivity index (χ0v) is 45.4. The number of amides is 4. The van der Waals surface area contributed by atoms with Crippen LogP contribution in [0.5, 0.6) is 0 Å². The van der Waals surface area contributed by atoms with E-state index in [0.29, 0.717) is 49.4 Å². The second kappa shape index (κ2) is 22.3. The molecule has 4 aromatic carbocycles. The van der Waals surface area contributed by atoms with Crippen LogP contribution in [0.2, 0.25) is 0 Å². The molecule has 0 aliphatic carbocycles. The van der Waals surface area contributed by atoms with Crippen molar-refractivity contribution >= 4 is 123 Å². The third kappa shape index (κ3) is 11.6. The normalized spacial score (nSPS) is 11.1. The summed E-state index contributed by atoms with van der Waals surface area (Å²) >= 11 is -0.989. The molecule has 336 valence electrons. The average Bonchev–Trinajstić information content (AvgIpc) is 4.13. The third-order valence-corrected chi connectivity index (χ3v) is 17.6. The number of halogens is 1. The molecule has 0 bridgehead atoms. The number of aromatic nitrogens is 4. The Balaban J connectivity index is 0.00000648. The summed E-state index contributed by atoms with van der Waals surface area (Å²) in [6.45, 7) is 7.97. The van der Waals surface area contributed by atoms with Crippen molar-refractivity contribution in [2.45, 2.75) is 53.9 Å². The molecule has 4 heterocycles. The molecule has 18 heteroatoms. The van der Waals surface area contributed by atoms with Gasteiger partial charge in [0.05, 0.1) is 0 Å². The van der Waals surface area contributed by atoms with Gasteiger partial charge in [0.25, 0.3) is 0 Å². The molecule has 0 saturated heterocycles. The summed E-state index contributed by atoms with van der Waals surface area (Å²) < 4.78 is 3.13. The summed E-state index contributed by atoms with van der Waals surface area (Å²) in [5.74, 6) is -0.488. The fraction of sp³-hybridized carbons (Fsp3) is 0.167. The van der Waals surface area contributed by atoms with Gasteiger partial charge < -0.3 is 24.0 Å². The van der Waals surface area contributed by atoms with E-state index in [-0.39, 0.29) is 106 Å². The first-order valence-electron chi connectivity index (χ1n) is 20.5. The number of quaternary nitrogens is 1. The summed E-state index contributed by atoms with van der Waals surface area (Å²) in [7, 11) is 0. The first kappa shape index (κ1) is 49.1. The molecule has 4 aromatic heterocycles. The van der Waals surface area contributed by atoms with Crippen LogP contribution in [0.1, 0.15) is 50.5 Å². The van der Waals surface area contributed by atoms with E-state index in [4.69, 9.17) is 19.9 Å². The van der Waals surface area contributed by atoms with Crippen molar-refractivity contribution in [1.82, 2.24) is 19.9 Å². The van der Waals surface area contributed by atoms with Crippen molar-refractivity contribution in [2.75, 3.05) is 19.6 Å². The number of carbonyl (C=O) groups excluding carboxylic acids is 4. The van der Waals surface area contributed by atoms with Crippen molar-refractivity contribution in [3.05, 3.63) is 164 Å². The maximum Gasteiger partial charge on any atom is -1.00 e. The second-order valence-corrected chi connectivity index (χ2v) is 22.2. The Morgan fingerprint density at radius 1 is 0.379 bits per heavy atom. The van der Waals surface area contributed by atoms with Crippen LogP contribution in [0.3, 0.4) is 0 Å². The van der Waals surface area contributed by atoms with Crippen molar-refractivity contribution in [3.63, 3.8) is 0 Å². The van der Waals surface area contributed by atoms with Gasteiger partial charge in [-0.15, -0.1) is 0 Å². The molecule has 0 unspecified atom stereocenters. The number of nitrogens with zero attached hydrogens (tertiary/aromatic N) is 9. The van der Waals surface area contributed by atoms with Crippen LogP contribution >= 0.6 is 0 Å². The number of rotatable bonds is 16. The van der Waals surface area contributed by atoms with Crippen LogP contribution in [0.4, 0.5) is 41.5 Å². The van der Waals surface area contributed by atoms with Gasteiger partial charge in [-0.3, -0.25) is 0 Å². The molecule has 4 amide bonds. The van der Waals surface area contributed by atoms with E-state index >= 15 is 0 Å². The van der Waals surface area contributed by atoms with Crippen LogP contribution in [0.15, 0.2) is 141 Å². The van der Waals surface area contributed by atoms with Crippen molar-refractivity contribution in [2.24, 2.45) is 0 Å². The Kier molecular flexibility index (Phi) is 16.6. The number of hydrogen-bond donors (Lipinski definition) is 0. The Bertz CT molecular complexity index is 2510. The molecule has 0 saturated carbocycles. The third-order valence-electron chi connectivity index (χ3n) is 10.2. The van der Waals surface area contributed by atoms with Crippen molar-refractivity contribution in [1.29, 1.82) is 0 Å². The van der Waals surface area contributed by atoms with Gasteiger partial charge >= 0.3 is 404 Å². The first-order chi connectivity index (χ1) is 31.5. The quantitative estimate of drug-likeness (QED) is 0.0802. The molecule has 0 aliphatic rings. The number of para-hydroxylation sites is 4. The van der Waals surface area contributed by atoms with Gasteiger partial charge in [0, 0.05) is 0 Å². The maximum atomic E-state index is 13.2. The number of carbonyl (C=O) groups is 4. The minimum absolute atomic E-state index is 0. The van der Waals surface area contributed by atoms with Crippen LogP contribution < -0.4 is 43.6 Å². The van der Waals surface area contributed by atoms with Gasteiger partial charge in [-0.2, -0.15) is 0 Å². The number of benzene rings is 4. The summed E-state index contributed by atoms with van der Waals surface area (Å²) in [4.78, 5) is 88.9. The fourth-order valence-electron chi connectivity index (χ4n) is 7.61. The Morgan fingerprint density at radius 2 is 0.576 bits per heavy atom. The molecular weight excluding hydrogens is 1210 g/mol. The van der Waals surface area contributed by atoms with Crippen molar-refractivity contribution < 1.29 is 47.6 Å². The van der Waals surface area contributed by atoms with E-state index in [1.807, 2.05) is 121 Å². The number of anilines is 8. The number of hydrogen-bond acceptors (Lipinski definition) is 8. The van der Waals surface area contributed by atoms with Gasteiger partial charge in [0.15, 0.2) is 0 Å². The van der Waals surface area contributed by atoms with E-state index in [0.717, 1.165) is 45.5 Å². The molecule has 0 N–H and O–H groups in total. The van der Waals surface area contributed by atoms with Gasteiger partial charge in [0.2, 0.25) is 0 Å². The van der Waals surface area contributed by atoms with Crippen LogP contribution in [0.25, 0.3) is 0 Å². The van der Waals surface area contributed by atoms with Crippen LogP contribution in [-0.2, 0) is 45.4 Å². The van der Waals surface area contributed by atoms with E-state index in [1.165, 1.54) is 0 Å². The van der Waals surface area contributed by atoms with Gasteiger partial charge in [-0.1, -0.05) is 0 Å². The summed E-state index contributed by atoms with van der Waals surface area (Å²) in [6, 6.07) is 38.3. The summed E-state index contributed by atoms with van der Waals surface area (Å²) in [5.41, 5.74) is 6.34. The fourth-order valence-corrected chi connectivity index (χ4v) is 15.0. The zero-order chi connectivity index (χ0) is 45.5.